The summed E-state index contributed by atoms with van der Waals surface area (Å²) in [4.78, 5) is 12.2. The normalized spacial score (nSPS) is 21.4. The van der Waals surface area contributed by atoms with Gasteiger partial charge in [0.1, 0.15) is 0 Å². The highest BCUT2D eigenvalue weighted by Gasteiger charge is 2.35. The monoisotopic (exact) mass is 276 g/mol. The van der Waals surface area contributed by atoms with E-state index in [1.807, 2.05) is 0 Å². The van der Waals surface area contributed by atoms with E-state index in [0.29, 0.717) is 17.9 Å². The van der Waals surface area contributed by atoms with Gasteiger partial charge < -0.3 is 15.8 Å². The highest BCUT2D eigenvalue weighted by Crippen LogP contribution is 2.31. The van der Waals surface area contributed by atoms with Gasteiger partial charge in [-0.1, -0.05) is 19.9 Å². The van der Waals surface area contributed by atoms with Crippen molar-refractivity contribution in [1.29, 1.82) is 0 Å². The van der Waals surface area contributed by atoms with E-state index < -0.39 is 0 Å². The van der Waals surface area contributed by atoms with Gasteiger partial charge in [0.15, 0.2) is 0 Å². The molecule has 0 saturated carbocycles. The molecule has 20 heavy (non-hydrogen) atoms. The van der Waals surface area contributed by atoms with Gasteiger partial charge in [-0.3, -0.25) is 4.79 Å². The Bertz CT molecular complexity index is 469. The second-order valence-electron chi connectivity index (χ2n) is 5.53. The molecular weight excluding hydrogens is 252 g/mol. The zero-order valence-electron chi connectivity index (χ0n) is 12.3. The van der Waals surface area contributed by atoms with Crippen LogP contribution in [0.15, 0.2) is 24.3 Å². The topological polar surface area (TPSA) is 64.4 Å². The summed E-state index contributed by atoms with van der Waals surface area (Å²) in [5.41, 5.74) is 6.87. The molecule has 3 N–H and O–H groups in total. The van der Waals surface area contributed by atoms with Gasteiger partial charge in [-0.15, -0.1) is 0 Å². The van der Waals surface area contributed by atoms with Crippen molar-refractivity contribution in [2.45, 2.75) is 51.2 Å². The van der Waals surface area contributed by atoms with Crippen LogP contribution in [0.1, 0.15) is 49.9 Å². The van der Waals surface area contributed by atoms with Crippen molar-refractivity contribution in [3.8, 4) is 0 Å². The average Bonchev–Trinajstić information content (AvgIpc) is 2.47. The molecule has 1 aromatic carbocycles. The lowest BCUT2D eigenvalue weighted by Crippen LogP contribution is -2.48. The van der Waals surface area contributed by atoms with Gasteiger partial charge >= 0.3 is 0 Å². The van der Waals surface area contributed by atoms with Crippen LogP contribution in [0, 0.1) is 0 Å². The summed E-state index contributed by atoms with van der Waals surface area (Å²) in [6, 6.07) is 7.26. The third kappa shape index (κ3) is 3.31. The summed E-state index contributed by atoms with van der Waals surface area (Å²) >= 11 is 0. The molecule has 0 aliphatic carbocycles. The first-order valence-corrected chi connectivity index (χ1v) is 7.39. The fraction of sp³-hybridized carbons (Fsp3) is 0.562. The third-order valence-corrected chi connectivity index (χ3v) is 4.27. The van der Waals surface area contributed by atoms with E-state index in [0.717, 1.165) is 25.7 Å². The van der Waals surface area contributed by atoms with Gasteiger partial charge in [-0.25, -0.2) is 0 Å². The number of hydrogen-bond acceptors (Lipinski definition) is 3. The smallest absolute Gasteiger partial charge is 0.251 e. The van der Waals surface area contributed by atoms with Gasteiger partial charge in [0.25, 0.3) is 5.91 Å². The van der Waals surface area contributed by atoms with Crippen LogP contribution in [0.2, 0.25) is 0 Å². The molecule has 4 heteroatoms. The molecular formula is C16H24N2O2. The first-order valence-electron chi connectivity index (χ1n) is 7.39. The summed E-state index contributed by atoms with van der Waals surface area (Å²) < 4.78 is 5.93. The van der Waals surface area contributed by atoms with Gasteiger partial charge in [-0.2, -0.15) is 0 Å². The zero-order valence-corrected chi connectivity index (χ0v) is 12.3. The first kappa shape index (κ1) is 14.9. The Balaban J connectivity index is 2.01. The van der Waals surface area contributed by atoms with Crippen LogP contribution in [0.3, 0.4) is 0 Å². The molecule has 0 aromatic heterocycles. The number of amides is 1. The fourth-order valence-corrected chi connectivity index (χ4v) is 2.84. The number of nitrogens with two attached hydrogens (primary N) is 1. The van der Waals surface area contributed by atoms with Crippen LogP contribution in [-0.4, -0.2) is 24.2 Å². The highest BCUT2D eigenvalue weighted by atomic mass is 16.5. The standard InChI is InChI=1S/C16H24N2O2/c1-3-16(4-2)11-14(8-9-20-16)18-15(19)12-6-5-7-13(17)10-12/h5-7,10,14H,3-4,8-9,11,17H2,1-2H3,(H,18,19). The molecule has 4 nitrogen and oxygen atoms in total. The minimum absolute atomic E-state index is 0.0506. The summed E-state index contributed by atoms with van der Waals surface area (Å²) in [6.07, 6.45) is 3.71. The van der Waals surface area contributed by atoms with E-state index in [1.54, 1.807) is 24.3 Å². The Morgan fingerprint density at radius 3 is 2.85 bits per heavy atom. The average molecular weight is 276 g/mol. The Labute approximate surface area is 120 Å². The number of hydrogen-bond donors (Lipinski definition) is 2. The van der Waals surface area contributed by atoms with Crippen LogP contribution in [0.25, 0.3) is 0 Å². The quantitative estimate of drug-likeness (QED) is 0.831. The number of ether oxygens (including phenoxy) is 1. The van der Waals surface area contributed by atoms with E-state index in [1.165, 1.54) is 0 Å². The molecule has 1 amide bonds. The molecule has 0 spiro atoms. The number of carbonyl (C=O) groups excluding carboxylic acids is 1. The highest BCUT2D eigenvalue weighted by molar-refractivity contribution is 5.95. The summed E-state index contributed by atoms with van der Waals surface area (Å²) in [7, 11) is 0. The molecule has 1 saturated heterocycles. The Hall–Kier alpha value is -1.55. The lowest BCUT2D eigenvalue weighted by molar-refractivity contribution is -0.0917. The van der Waals surface area contributed by atoms with Gasteiger partial charge in [0.05, 0.1) is 5.60 Å². The summed E-state index contributed by atoms with van der Waals surface area (Å²) in [5.74, 6) is -0.0506. The molecule has 1 aliphatic heterocycles. The van der Waals surface area contributed by atoms with Crippen molar-refractivity contribution < 1.29 is 9.53 Å². The maximum atomic E-state index is 12.2. The molecule has 1 heterocycles. The SMILES string of the molecule is CCC1(CC)CC(NC(=O)c2cccc(N)c2)CCO1. The van der Waals surface area contributed by atoms with Crippen molar-refractivity contribution >= 4 is 11.6 Å². The Morgan fingerprint density at radius 1 is 1.45 bits per heavy atom. The van der Waals surface area contributed by atoms with Crippen LogP contribution in [0.5, 0.6) is 0 Å². The van der Waals surface area contributed by atoms with Crippen molar-refractivity contribution in [3.05, 3.63) is 29.8 Å². The minimum atomic E-state index is -0.0775. The maximum Gasteiger partial charge on any atom is 0.251 e. The predicted octanol–water partition coefficient (Wildman–Crippen LogP) is 2.74. The zero-order chi connectivity index (χ0) is 14.6. The number of anilines is 1. The molecule has 1 unspecified atom stereocenters. The number of carbonyl (C=O) groups is 1. The maximum absolute atomic E-state index is 12.2. The van der Waals surface area contributed by atoms with E-state index in [2.05, 4.69) is 19.2 Å². The van der Waals surface area contributed by atoms with Gasteiger partial charge in [-0.05, 0) is 43.9 Å². The van der Waals surface area contributed by atoms with Crippen molar-refractivity contribution in [1.82, 2.24) is 5.32 Å². The Morgan fingerprint density at radius 2 is 2.20 bits per heavy atom. The van der Waals surface area contributed by atoms with Crippen molar-refractivity contribution in [3.63, 3.8) is 0 Å². The Kier molecular flexibility index (Phi) is 4.65. The van der Waals surface area contributed by atoms with E-state index in [9.17, 15) is 4.79 Å². The molecule has 2 rings (SSSR count). The molecule has 1 atom stereocenters. The van der Waals surface area contributed by atoms with Crippen LogP contribution < -0.4 is 11.1 Å². The van der Waals surface area contributed by atoms with Crippen LogP contribution in [-0.2, 0) is 4.74 Å². The fourth-order valence-electron chi connectivity index (χ4n) is 2.84. The number of rotatable bonds is 4. The number of nitrogens with one attached hydrogen (secondary N) is 1. The summed E-state index contributed by atoms with van der Waals surface area (Å²) in [6.45, 7) is 5.00. The molecule has 1 fully saturated rings. The van der Waals surface area contributed by atoms with Crippen molar-refractivity contribution in [2.24, 2.45) is 0 Å². The summed E-state index contributed by atoms with van der Waals surface area (Å²) in [5, 5.41) is 3.11. The van der Waals surface area contributed by atoms with Gasteiger partial charge in [0.2, 0.25) is 0 Å². The largest absolute Gasteiger partial charge is 0.399 e. The van der Waals surface area contributed by atoms with Crippen LogP contribution in [0.4, 0.5) is 5.69 Å². The molecule has 110 valence electrons. The lowest BCUT2D eigenvalue weighted by Gasteiger charge is -2.40. The third-order valence-electron chi connectivity index (χ3n) is 4.27. The second kappa shape index (κ2) is 6.27. The lowest BCUT2D eigenvalue weighted by atomic mass is 9.86. The van der Waals surface area contributed by atoms with E-state index >= 15 is 0 Å². The molecule has 0 bridgehead atoms. The second-order valence-corrected chi connectivity index (χ2v) is 5.53. The van der Waals surface area contributed by atoms with E-state index in [-0.39, 0.29) is 17.6 Å². The molecule has 0 radical (unpaired) electrons. The predicted molar refractivity (Wildman–Crippen MR) is 80.6 cm³/mol. The molecule has 1 aliphatic rings. The van der Waals surface area contributed by atoms with E-state index in [4.69, 9.17) is 10.5 Å². The minimum Gasteiger partial charge on any atom is -0.399 e. The number of benzene rings is 1. The first-order chi connectivity index (χ1) is 9.58. The number of nitrogen functional groups attached to an aromatic ring is 1. The molecule has 1 aromatic rings. The van der Waals surface area contributed by atoms with Crippen molar-refractivity contribution in [2.75, 3.05) is 12.3 Å². The van der Waals surface area contributed by atoms with Crippen LogP contribution >= 0.6 is 0 Å². The van der Waals surface area contributed by atoms with Gasteiger partial charge in [0, 0.05) is 23.9 Å².